The number of benzene rings is 2. The number of ether oxygens (including phenoxy) is 1. The van der Waals surface area contributed by atoms with E-state index < -0.39 is 0 Å². The number of rotatable bonds is 2. The molecule has 0 unspecified atom stereocenters. The highest BCUT2D eigenvalue weighted by molar-refractivity contribution is 6.33. The summed E-state index contributed by atoms with van der Waals surface area (Å²) in [6.07, 6.45) is 5.36. The summed E-state index contributed by atoms with van der Waals surface area (Å²) in [6.45, 7) is 3.92. The Morgan fingerprint density at radius 2 is 1.72 bits per heavy atom. The van der Waals surface area contributed by atoms with Gasteiger partial charge in [-0.25, -0.2) is 0 Å². The molecule has 0 bridgehead atoms. The molecule has 1 aliphatic carbocycles. The van der Waals surface area contributed by atoms with Crippen LogP contribution in [0.3, 0.4) is 0 Å². The summed E-state index contributed by atoms with van der Waals surface area (Å²) >= 11 is 6.39. The van der Waals surface area contributed by atoms with Crippen molar-refractivity contribution in [3.8, 4) is 5.75 Å². The van der Waals surface area contributed by atoms with E-state index in [1.54, 1.807) is 12.1 Å². The minimum absolute atomic E-state index is 0.0139. The van der Waals surface area contributed by atoms with Crippen LogP contribution in [0.2, 0.25) is 5.02 Å². The van der Waals surface area contributed by atoms with E-state index in [0.717, 1.165) is 38.5 Å². The van der Waals surface area contributed by atoms with Crippen molar-refractivity contribution in [3.05, 3.63) is 64.7 Å². The lowest BCUT2D eigenvalue weighted by atomic mass is 9.90. The Morgan fingerprint density at radius 1 is 1.00 bits per heavy atom. The Labute approximate surface area is 195 Å². The van der Waals surface area contributed by atoms with Gasteiger partial charge in [0, 0.05) is 19.6 Å². The molecule has 170 valence electrons. The summed E-state index contributed by atoms with van der Waals surface area (Å²) < 4.78 is 6.51. The molecule has 1 saturated carbocycles. The lowest BCUT2D eigenvalue weighted by Crippen LogP contribution is -2.51. The fraction of sp³-hybridized carbons (Fsp3) is 0.462. The molecular formula is C26H31ClN2O3. The van der Waals surface area contributed by atoms with Gasteiger partial charge in [0.2, 0.25) is 0 Å². The van der Waals surface area contributed by atoms with E-state index in [0.29, 0.717) is 41.5 Å². The van der Waals surface area contributed by atoms with Crippen LogP contribution in [0.4, 0.5) is 0 Å². The van der Waals surface area contributed by atoms with E-state index in [-0.39, 0.29) is 24.0 Å². The van der Waals surface area contributed by atoms with Crippen molar-refractivity contribution in [1.29, 1.82) is 0 Å². The molecule has 2 aliphatic rings. The Balaban J connectivity index is 1.71. The molecule has 1 heterocycles. The lowest BCUT2D eigenvalue weighted by molar-refractivity contribution is 0.0259. The first-order chi connectivity index (χ1) is 15.6. The van der Waals surface area contributed by atoms with Crippen molar-refractivity contribution in [3.63, 3.8) is 0 Å². The van der Waals surface area contributed by atoms with Gasteiger partial charge in [0.25, 0.3) is 11.8 Å². The molecule has 0 saturated heterocycles. The van der Waals surface area contributed by atoms with E-state index in [9.17, 15) is 9.59 Å². The zero-order valence-corrected chi connectivity index (χ0v) is 19.4. The minimum atomic E-state index is -0.154. The lowest BCUT2D eigenvalue weighted by Gasteiger charge is -2.41. The molecule has 4 rings (SSSR count). The van der Waals surface area contributed by atoms with Crippen molar-refractivity contribution in [2.75, 3.05) is 19.6 Å². The molecule has 0 spiro atoms. The van der Waals surface area contributed by atoms with Gasteiger partial charge >= 0.3 is 0 Å². The van der Waals surface area contributed by atoms with Crippen molar-refractivity contribution < 1.29 is 14.3 Å². The Morgan fingerprint density at radius 3 is 2.53 bits per heavy atom. The summed E-state index contributed by atoms with van der Waals surface area (Å²) in [6, 6.07) is 14.7. The summed E-state index contributed by atoms with van der Waals surface area (Å²) in [4.78, 5) is 30.7. The van der Waals surface area contributed by atoms with E-state index >= 15 is 0 Å². The highest BCUT2D eigenvalue weighted by atomic mass is 35.5. The fourth-order valence-electron chi connectivity index (χ4n) is 4.85. The monoisotopic (exact) mass is 454 g/mol. The second-order valence-corrected chi connectivity index (χ2v) is 8.98. The molecule has 0 radical (unpaired) electrons. The number of nitrogens with zero attached hydrogens (tertiary/aromatic N) is 2. The quantitative estimate of drug-likeness (QED) is 0.608. The Hall–Kier alpha value is -2.53. The van der Waals surface area contributed by atoms with Gasteiger partial charge in [0.15, 0.2) is 0 Å². The Bertz CT molecular complexity index is 964. The number of hydrogen-bond acceptors (Lipinski definition) is 3. The van der Waals surface area contributed by atoms with Crippen molar-refractivity contribution in [2.24, 2.45) is 0 Å². The van der Waals surface area contributed by atoms with Crippen LogP contribution in [0.15, 0.2) is 48.5 Å². The molecule has 5 nitrogen and oxygen atoms in total. The molecule has 2 atom stereocenters. The molecule has 2 aromatic carbocycles. The predicted octanol–water partition coefficient (Wildman–Crippen LogP) is 5.43. The van der Waals surface area contributed by atoms with E-state index in [1.807, 2.05) is 53.1 Å². The molecule has 0 N–H and O–H groups in total. The van der Waals surface area contributed by atoms with Crippen molar-refractivity contribution >= 4 is 23.4 Å². The standard InChI is InChI=1S/C26H31ClN2O3/c1-2-28-17-9-10-18-29(26(31)19-11-3-5-13-21(19)27)22-14-6-8-16-24(22)32-23-15-7-4-12-20(23)25(28)30/h3-5,7,11-13,15,22,24H,2,6,8-10,14,16-18H2,1H3/t22-,24+/m1/s1. The maximum Gasteiger partial charge on any atom is 0.257 e. The number of amides is 2. The molecule has 2 amide bonds. The highest BCUT2D eigenvalue weighted by Gasteiger charge is 2.36. The summed E-state index contributed by atoms with van der Waals surface area (Å²) in [7, 11) is 0. The van der Waals surface area contributed by atoms with Crippen LogP contribution in [0.1, 0.15) is 66.2 Å². The third-order valence-corrected chi connectivity index (χ3v) is 6.90. The average Bonchev–Trinajstić information content (AvgIpc) is 2.81. The molecule has 32 heavy (non-hydrogen) atoms. The zero-order valence-electron chi connectivity index (χ0n) is 18.6. The summed E-state index contributed by atoms with van der Waals surface area (Å²) in [5.74, 6) is 0.587. The maximum absolute atomic E-state index is 13.6. The van der Waals surface area contributed by atoms with Gasteiger partial charge in [-0.2, -0.15) is 0 Å². The number of carbonyl (C=O) groups excluding carboxylic acids is 2. The first kappa shape index (κ1) is 22.7. The highest BCUT2D eigenvalue weighted by Crippen LogP contribution is 2.32. The minimum Gasteiger partial charge on any atom is -0.487 e. The number of fused-ring (bicyclic) bond motifs is 2. The normalized spacial score (nSPS) is 22.1. The fourth-order valence-corrected chi connectivity index (χ4v) is 5.06. The first-order valence-corrected chi connectivity index (χ1v) is 12.1. The number of carbonyl (C=O) groups is 2. The predicted molar refractivity (Wildman–Crippen MR) is 126 cm³/mol. The van der Waals surface area contributed by atoms with Crippen LogP contribution in [-0.2, 0) is 0 Å². The van der Waals surface area contributed by atoms with Gasteiger partial charge in [0.1, 0.15) is 11.9 Å². The first-order valence-electron chi connectivity index (χ1n) is 11.7. The van der Waals surface area contributed by atoms with Crippen LogP contribution >= 0.6 is 11.6 Å². The van der Waals surface area contributed by atoms with Crippen LogP contribution in [0.25, 0.3) is 0 Å². The van der Waals surface area contributed by atoms with Gasteiger partial charge in [-0.05, 0) is 63.3 Å². The molecular weight excluding hydrogens is 424 g/mol. The number of hydrogen-bond donors (Lipinski definition) is 0. The average molecular weight is 455 g/mol. The van der Waals surface area contributed by atoms with Gasteiger partial charge in [-0.3, -0.25) is 9.59 Å². The molecule has 1 fully saturated rings. The van der Waals surface area contributed by atoms with Crippen LogP contribution in [-0.4, -0.2) is 53.4 Å². The summed E-state index contributed by atoms with van der Waals surface area (Å²) in [5, 5.41) is 0.477. The third-order valence-electron chi connectivity index (χ3n) is 6.57. The van der Waals surface area contributed by atoms with Crippen molar-refractivity contribution in [2.45, 2.75) is 57.6 Å². The summed E-state index contributed by atoms with van der Waals surface area (Å²) in [5.41, 5.74) is 1.14. The molecule has 2 aromatic rings. The third kappa shape index (κ3) is 4.78. The smallest absolute Gasteiger partial charge is 0.257 e. The van der Waals surface area contributed by atoms with E-state index in [2.05, 4.69) is 0 Å². The second-order valence-electron chi connectivity index (χ2n) is 8.57. The topological polar surface area (TPSA) is 49.9 Å². The van der Waals surface area contributed by atoms with Gasteiger partial charge < -0.3 is 14.5 Å². The molecule has 1 aliphatic heterocycles. The van der Waals surface area contributed by atoms with Crippen LogP contribution in [0, 0.1) is 0 Å². The Kier molecular flexibility index (Phi) is 7.36. The maximum atomic E-state index is 13.6. The molecule has 0 aromatic heterocycles. The van der Waals surface area contributed by atoms with Crippen molar-refractivity contribution in [1.82, 2.24) is 9.80 Å². The van der Waals surface area contributed by atoms with E-state index in [1.165, 1.54) is 0 Å². The van der Waals surface area contributed by atoms with E-state index in [4.69, 9.17) is 16.3 Å². The van der Waals surface area contributed by atoms with Gasteiger partial charge in [-0.15, -0.1) is 0 Å². The second kappa shape index (κ2) is 10.4. The number of halogens is 1. The molecule has 6 heteroatoms. The SMILES string of the molecule is CCN1CCCCN(C(=O)c2ccccc2Cl)[C@@H]2CCCC[C@@H]2Oc2ccccc2C1=O. The van der Waals surface area contributed by atoms with Crippen LogP contribution < -0.4 is 4.74 Å². The van der Waals surface area contributed by atoms with Gasteiger partial charge in [0.05, 0.1) is 22.2 Å². The number of para-hydroxylation sites is 1. The van der Waals surface area contributed by atoms with Crippen LogP contribution in [0.5, 0.6) is 5.75 Å². The zero-order chi connectivity index (χ0) is 22.5. The largest absolute Gasteiger partial charge is 0.487 e. The van der Waals surface area contributed by atoms with Gasteiger partial charge in [-0.1, -0.05) is 42.3 Å².